The van der Waals surface area contributed by atoms with Crippen molar-refractivity contribution >= 4 is 6.09 Å². The lowest BCUT2D eigenvalue weighted by Crippen LogP contribution is -2.13. The van der Waals surface area contributed by atoms with Crippen molar-refractivity contribution in [3.8, 4) is 0 Å². The minimum atomic E-state index is -0.173. The number of amides is 1. The first-order valence-corrected chi connectivity index (χ1v) is 4.26. The maximum absolute atomic E-state index is 11.1. The SMILES string of the molecule is COC(=O)N1C2CC=C(C)CC21. The third kappa shape index (κ3) is 1.00. The van der Waals surface area contributed by atoms with Gasteiger partial charge >= 0.3 is 6.09 Å². The van der Waals surface area contributed by atoms with E-state index in [2.05, 4.69) is 17.7 Å². The Morgan fingerprint density at radius 3 is 3.00 bits per heavy atom. The highest BCUT2D eigenvalue weighted by Crippen LogP contribution is 2.40. The second-order valence-electron chi connectivity index (χ2n) is 3.50. The van der Waals surface area contributed by atoms with Gasteiger partial charge in [0, 0.05) is 0 Å². The highest BCUT2D eigenvalue weighted by atomic mass is 16.5. The Labute approximate surface area is 72.0 Å². The van der Waals surface area contributed by atoms with E-state index < -0.39 is 0 Å². The molecule has 0 radical (unpaired) electrons. The molecule has 1 heterocycles. The number of ether oxygens (including phenoxy) is 1. The highest BCUT2D eigenvalue weighted by Gasteiger charge is 2.51. The van der Waals surface area contributed by atoms with Crippen LogP contribution in [0.1, 0.15) is 19.8 Å². The molecule has 0 N–H and O–H groups in total. The van der Waals surface area contributed by atoms with Gasteiger partial charge in [-0.15, -0.1) is 0 Å². The molecule has 66 valence electrons. The van der Waals surface area contributed by atoms with E-state index >= 15 is 0 Å². The summed E-state index contributed by atoms with van der Waals surface area (Å²) in [5, 5.41) is 0. The summed E-state index contributed by atoms with van der Waals surface area (Å²) in [5.74, 6) is 0. The van der Waals surface area contributed by atoms with Gasteiger partial charge in [0.05, 0.1) is 19.2 Å². The third-order valence-electron chi connectivity index (χ3n) is 2.69. The number of fused-ring (bicyclic) bond motifs is 1. The summed E-state index contributed by atoms with van der Waals surface area (Å²) in [6.45, 7) is 2.12. The van der Waals surface area contributed by atoms with Crippen LogP contribution < -0.4 is 0 Å². The quantitative estimate of drug-likeness (QED) is 0.404. The Morgan fingerprint density at radius 1 is 1.67 bits per heavy atom. The zero-order valence-corrected chi connectivity index (χ0v) is 7.41. The Morgan fingerprint density at radius 2 is 2.42 bits per heavy atom. The van der Waals surface area contributed by atoms with Crippen LogP contribution in [-0.4, -0.2) is 30.2 Å². The Balaban J connectivity index is 1.99. The fourth-order valence-corrected chi connectivity index (χ4v) is 1.95. The van der Waals surface area contributed by atoms with E-state index in [1.165, 1.54) is 12.7 Å². The van der Waals surface area contributed by atoms with Gasteiger partial charge in [-0.1, -0.05) is 11.6 Å². The molecule has 3 nitrogen and oxygen atoms in total. The largest absolute Gasteiger partial charge is 0.453 e. The molecule has 2 atom stereocenters. The van der Waals surface area contributed by atoms with Gasteiger partial charge in [-0.2, -0.15) is 0 Å². The molecule has 2 rings (SSSR count). The topological polar surface area (TPSA) is 29.3 Å². The molecule has 0 aromatic rings. The predicted molar refractivity (Wildman–Crippen MR) is 44.8 cm³/mol. The van der Waals surface area contributed by atoms with Crippen LogP contribution in [0.15, 0.2) is 11.6 Å². The molecule has 1 aliphatic heterocycles. The lowest BCUT2D eigenvalue weighted by Gasteiger charge is -2.02. The van der Waals surface area contributed by atoms with Crippen molar-refractivity contribution in [2.45, 2.75) is 31.8 Å². The first-order chi connectivity index (χ1) is 5.74. The first-order valence-electron chi connectivity index (χ1n) is 4.26. The summed E-state index contributed by atoms with van der Waals surface area (Å²) in [6.07, 6.45) is 4.07. The maximum atomic E-state index is 11.1. The van der Waals surface area contributed by atoms with Gasteiger partial charge < -0.3 is 4.74 Å². The number of hydrogen-bond acceptors (Lipinski definition) is 2. The second kappa shape index (κ2) is 2.51. The number of nitrogens with zero attached hydrogens (tertiary/aromatic N) is 1. The molecule has 1 saturated heterocycles. The van der Waals surface area contributed by atoms with Gasteiger partial charge in [-0.05, 0) is 19.8 Å². The Bertz CT molecular complexity index is 247. The molecule has 0 spiro atoms. The molecule has 0 aromatic carbocycles. The van der Waals surface area contributed by atoms with E-state index in [-0.39, 0.29) is 6.09 Å². The summed E-state index contributed by atoms with van der Waals surface area (Å²) in [7, 11) is 1.44. The average molecular weight is 167 g/mol. The van der Waals surface area contributed by atoms with E-state index in [0.29, 0.717) is 12.1 Å². The summed E-state index contributed by atoms with van der Waals surface area (Å²) in [4.78, 5) is 13.0. The van der Waals surface area contributed by atoms with Crippen LogP contribution in [0.3, 0.4) is 0 Å². The standard InChI is InChI=1S/C9H13NO2/c1-6-3-4-7-8(5-6)10(7)9(11)12-2/h3,7-8H,4-5H2,1-2H3. The van der Waals surface area contributed by atoms with Gasteiger partial charge in [0.2, 0.25) is 0 Å². The number of rotatable bonds is 0. The predicted octanol–water partition coefficient (Wildman–Crippen LogP) is 1.55. The lowest BCUT2D eigenvalue weighted by atomic mass is 10.0. The van der Waals surface area contributed by atoms with Crippen LogP contribution in [0.4, 0.5) is 4.79 Å². The van der Waals surface area contributed by atoms with Gasteiger partial charge in [0.1, 0.15) is 0 Å². The Hall–Kier alpha value is -0.990. The molecule has 1 fully saturated rings. The number of carbonyl (C=O) groups excluding carboxylic acids is 1. The molecular weight excluding hydrogens is 154 g/mol. The second-order valence-corrected chi connectivity index (χ2v) is 3.50. The van der Waals surface area contributed by atoms with E-state index in [0.717, 1.165) is 12.8 Å². The third-order valence-corrected chi connectivity index (χ3v) is 2.69. The summed E-state index contributed by atoms with van der Waals surface area (Å²) < 4.78 is 4.67. The molecule has 3 heteroatoms. The molecule has 0 bridgehead atoms. The molecule has 1 amide bonds. The molecule has 0 saturated carbocycles. The number of methoxy groups -OCH3 is 1. The number of hydrogen-bond donors (Lipinski definition) is 0. The Kier molecular flexibility index (Phi) is 1.60. The molecular formula is C9H13NO2. The van der Waals surface area contributed by atoms with E-state index in [4.69, 9.17) is 0 Å². The molecule has 2 aliphatic rings. The number of carbonyl (C=O) groups is 1. The fraction of sp³-hybridized carbons (Fsp3) is 0.667. The van der Waals surface area contributed by atoms with E-state index in [1.807, 2.05) is 4.90 Å². The molecule has 1 aliphatic carbocycles. The van der Waals surface area contributed by atoms with Crippen LogP contribution >= 0.6 is 0 Å². The minimum Gasteiger partial charge on any atom is -0.453 e. The maximum Gasteiger partial charge on any atom is 0.410 e. The molecule has 2 unspecified atom stereocenters. The van der Waals surface area contributed by atoms with Crippen molar-refractivity contribution in [1.82, 2.24) is 4.90 Å². The van der Waals surface area contributed by atoms with Crippen LogP contribution in [0.5, 0.6) is 0 Å². The molecule has 0 aromatic heterocycles. The van der Waals surface area contributed by atoms with Crippen molar-refractivity contribution in [3.05, 3.63) is 11.6 Å². The minimum absolute atomic E-state index is 0.173. The summed E-state index contributed by atoms with van der Waals surface area (Å²) in [5.41, 5.74) is 1.39. The van der Waals surface area contributed by atoms with Crippen molar-refractivity contribution < 1.29 is 9.53 Å². The van der Waals surface area contributed by atoms with Gasteiger partial charge in [0.25, 0.3) is 0 Å². The zero-order valence-electron chi connectivity index (χ0n) is 7.41. The highest BCUT2D eigenvalue weighted by molar-refractivity contribution is 5.72. The monoisotopic (exact) mass is 167 g/mol. The lowest BCUT2D eigenvalue weighted by molar-refractivity contribution is 0.150. The smallest absolute Gasteiger partial charge is 0.410 e. The van der Waals surface area contributed by atoms with Crippen LogP contribution in [0.25, 0.3) is 0 Å². The van der Waals surface area contributed by atoms with Gasteiger partial charge in [-0.25, -0.2) is 4.79 Å². The van der Waals surface area contributed by atoms with Crippen LogP contribution in [-0.2, 0) is 4.74 Å². The van der Waals surface area contributed by atoms with Crippen LogP contribution in [0.2, 0.25) is 0 Å². The van der Waals surface area contributed by atoms with Crippen molar-refractivity contribution in [2.24, 2.45) is 0 Å². The van der Waals surface area contributed by atoms with E-state index in [9.17, 15) is 4.79 Å². The zero-order chi connectivity index (χ0) is 8.72. The van der Waals surface area contributed by atoms with Gasteiger partial charge in [-0.3, -0.25) is 4.90 Å². The van der Waals surface area contributed by atoms with Crippen molar-refractivity contribution in [1.29, 1.82) is 0 Å². The fourth-order valence-electron chi connectivity index (χ4n) is 1.95. The van der Waals surface area contributed by atoms with Crippen molar-refractivity contribution in [2.75, 3.05) is 7.11 Å². The first kappa shape index (κ1) is 7.65. The van der Waals surface area contributed by atoms with Gasteiger partial charge in [0.15, 0.2) is 0 Å². The average Bonchev–Trinajstić information content (AvgIpc) is 2.76. The summed E-state index contributed by atoms with van der Waals surface area (Å²) in [6, 6.07) is 0.864. The van der Waals surface area contributed by atoms with E-state index in [1.54, 1.807) is 0 Å². The normalized spacial score (nSPS) is 32.2. The van der Waals surface area contributed by atoms with Crippen molar-refractivity contribution in [3.63, 3.8) is 0 Å². The summed E-state index contributed by atoms with van der Waals surface area (Å²) >= 11 is 0. The van der Waals surface area contributed by atoms with Crippen LogP contribution in [0, 0.1) is 0 Å². The molecule has 12 heavy (non-hydrogen) atoms.